The molecule has 0 saturated carbocycles. The first-order valence-electron chi connectivity index (χ1n) is 9.88. The Hall–Kier alpha value is -4.55. The van der Waals surface area contributed by atoms with Crippen molar-refractivity contribution in [2.45, 2.75) is 4.90 Å². The smallest absolute Gasteiger partial charge is 0.282 e. The van der Waals surface area contributed by atoms with Gasteiger partial charge in [0.05, 0.1) is 15.6 Å². The Morgan fingerprint density at radius 1 is 0.941 bits per heavy atom. The van der Waals surface area contributed by atoms with E-state index < -0.39 is 15.0 Å². The van der Waals surface area contributed by atoms with Gasteiger partial charge in [0, 0.05) is 28.5 Å². The summed E-state index contributed by atoms with van der Waals surface area (Å²) in [7, 11) is -4.55. The Morgan fingerprint density at radius 3 is 2.41 bits per heavy atom. The number of para-hydroxylation sites is 1. The molecule has 5 aromatic rings. The number of fused-ring (bicyclic) bond motifs is 1. The lowest BCUT2D eigenvalue weighted by Crippen LogP contribution is -2.43. The monoisotopic (exact) mass is 475 g/mol. The van der Waals surface area contributed by atoms with Gasteiger partial charge in [-0.05, 0) is 46.3 Å². The average Bonchev–Trinajstić information content (AvgIpc) is 3.28. The summed E-state index contributed by atoms with van der Waals surface area (Å²) in [5.41, 5.74) is 1.58. The molecule has 0 aliphatic rings. The summed E-state index contributed by atoms with van der Waals surface area (Å²) in [6.45, 7) is 0. The second-order valence-electron chi connectivity index (χ2n) is 7.20. The molecule has 12 heteroatoms. The molecule has 5 rings (SSSR count). The number of non-ortho nitro benzene ring substituents is 1. The third-order valence-corrected chi connectivity index (χ3v) is 5.99. The first-order valence-corrected chi connectivity index (χ1v) is 11.3. The minimum atomic E-state index is -4.55. The van der Waals surface area contributed by atoms with Crippen LogP contribution < -0.4 is 4.80 Å². The van der Waals surface area contributed by atoms with Gasteiger partial charge in [0.25, 0.3) is 15.8 Å². The first-order chi connectivity index (χ1) is 16.3. The molecule has 0 aliphatic heterocycles. The molecule has 0 saturated heterocycles. The quantitative estimate of drug-likeness (QED) is 0.177. The van der Waals surface area contributed by atoms with E-state index in [-0.39, 0.29) is 22.0 Å². The topological polar surface area (TPSA) is 145 Å². The molecule has 168 valence electrons. The van der Waals surface area contributed by atoms with E-state index >= 15 is 0 Å². The van der Waals surface area contributed by atoms with Crippen molar-refractivity contribution in [2.75, 3.05) is 0 Å². The van der Waals surface area contributed by atoms with Crippen LogP contribution in [0.15, 0.2) is 90.0 Å². The SMILES string of the molecule is O=[N+]([O-])c1ccc(-n2nc(-c3ccccc3S(=O)(=O)O)n[n+]2-c2cccc3cccnc23)cc1. The molecular weight excluding hydrogens is 460 g/mol. The third kappa shape index (κ3) is 3.76. The summed E-state index contributed by atoms with van der Waals surface area (Å²) in [5, 5.41) is 20.9. The number of rotatable bonds is 5. The van der Waals surface area contributed by atoms with E-state index in [0.717, 1.165) is 5.39 Å². The maximum Gasteiger partial charge on any atom is 0.341 e. The Labute approximate surface area is 192 Å². The molecule has 0 unspecified atom stereocenters. The molecule has 0 bridgehead atoms. The summed E-state index contributed by atoms with van der Waals surface area (Å²) >= 11 is 0. The van der Waals surface area contributed by atoms with Crippen LogP contribution in [0.25, 0.3) is 33.7 Å². The molecule has 0 spiro atoms. The van der Waals surface area contributed by atoms with Crippen molar-refractivity contribution in [1.29, 1.82) is 0 Å². The summed E-state index contributed by atoms with van der Waals surface area (Å²) in [4.78, 5) is 17.5. The van der Waals surface area contributed by atoms with Crippen LogP contribution in [-0.4, -0.2) is 37.9 Å². The van der Waals surface area contributed by atoms with Crippen LogP contribution in [0.2, 0.25) is 0 Å². The van der Waals surface area contributed by atoms with Crippen LogP contribution in [0.1, 0.15) is 0 Å². The molecule has 0 radical (unpaired) electrons. The van der Waals surface area contributed by atoms with Gasteiger partial charge in [0.2, 0.25) is 5.69 Å². The van der Waals surface area contributed by atoms with Crippen LogP contribution in [-0.2, 0) is 10.1 Å². The minimum absolute atomic E-state index is 0.0134. The van der Waals surface area contributed by atoms with Gasteiger partial charge in [0.1, 0.15) is 16.1 Å². The van der Waals surface area contributed by atoms with Gasteiger partial charge in [-0.2, -0.15) is 8.42 Å². The predicted molar refractivity (Wildman–Crippen MR) is 120 cm³/mol. The summed E-state index contributed by atoms with van der Waals surface area (Å²) in [6.07, 6.45) is 1.63. The largest absolute Gasteiger partial charge is 0.341 e. The zero-order valence-electron chi connectivity index (χ0n) is 17.3. The van der Waals surface area contributed by atoms with Gasteiger partial charge in [-0.1, -0.05) is 30.3 Å². The fourth-order valence-electron chi connectivity index (χ4n) is 3.55. The van der Waals surface area contributed by atoms with E-state index in [1.54, 1.807) is 24.4 Å². The standard InChI is InChI=1S/C22H14N6O5S/c29-28(30)17-12-10-16(11-13-17)26-24-22(18-7-1-2-9-20(18)34(31,32)33)25-27(26)19-8-3-5-15-6-4-14-23-21(15)19/h1-14H/p+1. The van der Waals surface area contributed by atoms with Crippen molar-refractivity contribution in [3.63, 3.8) is 0 Å². The number of hydrogen-bond acceptors (Lipinski definition) is 7. The van der Waals surface area contributed by atoms with E-state index in [9.17, 15) is 23.1 Å². The fraction of sp³-hybridized carbons (Fsp3) is 0. The Bertz CT molecular complexity index is 1660. The lowest BCUT2D eigenvalue weighted by molar-refractivity contribution is -0.733. The summed E-state index contributed by atoms with van der Waals surface area (Å²) in [5.74, 6) is 0.0134. The van der Waals surface area contributed by atoms with E-state index in [1.807, 2.05) is 18.2 Å². The van der Waals surface area contributed by atoms with Crippen LogP contribution in [0, 0.1) is 10.1 Å². The van der Waals surface area contributed by atoms with E-state index in [4.69, 9.17) is 0 Å². The number of benzene rings is 3. The van der Waals surface area contributed by atoms with Gasteiger partial charge >= 0.3 is 5.82 Å². The number of pyridine rings is 1. The molecule has 3 aromatic carbocycles. The number of nitro groups is 1. The second kappa shape index (κ2) is 8.10. The predicted octanol–water partition coefficient (Wildman–Crippen LogP) is 2.91. The molecule has 34 heavy (non-hydrogen) atoms. The van der Waals surface area contributed by atoms with Gasteiger partial charge in [0.15, 0.2) is 0 Å². The Kier molecular flexibility index (Phi) is 5.07. The normalized spacial score (nSPS) is 11.6. The number of tetrazole rings is 1. The molecule has 2 aromatic heterocycles. The molecule has 0 fully saturated rings. The molecule has 1 N–H and O–H groups in total. The van der Waals surface area contributed by atoms with Crippen molar-refractivity contribution in [2.24, 2.45) is 0 Å². The second-order valence-corrected chi connectivity index (χ2v) is 8.59. The maximum atomic E-state index is 11.9. The molecule has 2 heterocycles. The molecule has 0 atom stereocenters. The molecule has 11 nitrogen and oxygen atoms in total. The van der Waals surface area contributed by atoms with Crippen molar-refractivity contribution >= 4 is 26.7 Å². The maximum absolute atomic E-state index is 11.9. The molecule has 0 aliphatic carbocycles. The highest BCUT2D eigenvalue weighted by atomic mass is 32.2. The van der Waals surface area contributed by atoms with Gasteiger partial charge in [-0.25, -0.2) is 0 Å². The van der Waals surface area contributed by atoms with Crippen LogP contribution >= 0.6 is 0 Å². The van der Waals surface area contributed by atoms with Crippen LogP contribution in [0.5, 0.6) is 0 Å². The zero-order valence-corrected chi connectivity index (χ0v) is 18.1. The zero-order chi connectivity index (χ0) is 23.9. The highest BCUT2D eigenvalue weighted by Crippen LogP contribution is 2.25. The van der Waals surface area contributed by atoms with E-state index in [0.29, 0.717) is 16.9 Å². The minimum Gasteiger partial charge on any atom is -0.282 e. The van der Waals surface area contributed by atoms with Crippen molar-refractivity contribution < 1.29 is 22.7 Å². The van der Waals surface area contributed by atoms with Crippen molar-refractivity contribution in [1.82, 2.24) is 20.0 Å². The number of nitro benzene ring substituents is 1. The molecule has 0 amide bonds. The highest BCUT2D eigenvalue weighted by molar-refractivity contribution is 7.86. The van der Waals surface area contributed by atoms with Gasteiger partial charge in [-0.3, -0.25) is 19.7 Å². The first kappa shape index (κ1) is 21.3. The average molecular weight is 475 g/mol. The van der Waals surface area contributed by atoms with Crippen LogP contribution in [0.3, 0.4) is 0 Å². The molecular formula is C22H15N6O5S+. The Morgan fingerprint density at radius 2 is 1.68 bits per heavy atom. The summed E-state index contributed by atoms with van der Waals surface area (Å²) in [6, 6.07) is 20.6. The lowest BCUT2D eigenvalue weighted by Gasteiger charge is -2.03. The number of nitrogens with zero attached hydrogens (tertiary/aromatic N) is 6. The summed E-state index contributed by atoms with van der Waals surface area (Å²) < 4.78 is 33.6. The lowest BCUT2D eigenvalue weighted by atomic mass is 10.2. The van der Waals surface area contributed by atoms with Crippen molar-refractivity contribution in [3.8, 4) is 22.8 Å². The van der Waals surface area contributed by atoms with E-state index in [1.165, 1.54) is 52.1 Å². The van der Waals surface area contributed by atoms with Crippen LogP contribution in [0.4, 0.5) is 5.69 Å². The fourth-order valence-corrected chi connectivity index (χ4v) is 4.24. The Balaban J connectivity index is 1.79. The highest BCUT2D eigenvalue weighted by Gasteiger charge is 2.29. The van der Waals surface area contributed by atoms with E-state index in [2.05, 4.69) is 15.2 Å². The van der Waals surface area contributed by atoms with Gasteiger partial charge < -0.3 is 0 Å². The number of hydrogen-bond donors (Lipinski definition) is 1. The van der Waals surface area contributed by atoms with Gasteiger partial charge in [-0.15, -0.1) is 0 Å². The third-order valence-electron chi connectivity index (χ3n) is 5.08. The van der Waals surface area contributed by atoms with Crippen molar-refractivity contribution in [3.05, 3.63) is 95.2 Å². The number of aromatic nitrogens is 5.